The number of aromatic nitrogens is 2. The van der Waals surface area contributed by atoms with Crippen LogP contribution in [0.15, 0.2) is 47.5 Å². The lowest BCUT2D eigenvalue weighted by Gasteiger charge is -2.25. The molecule has 4 rings (SSSR count). The van der Waals surface area contributed by atoms with Crippen molar-refractivity contribution >= 4 is 26.6 Å². The van der Waals surface area contributed by atoms with E-state index in [-0.39, 0.29) is 24.3 Å². The summed E-state index contributed by atoms with van der Waals surface area (Å²) in [5.41, 5.74) is 1.93. The molecule has 1 atom stereocenters. The van der Waals surface area contributed by atoms with E-state index in [4.69, 9.17) is 0 Å². The highest BCUT2D eigenvalue weighted by Crippen LogP contribution is 2.27. The van der Waals surface area contributed by atoms with Gasteiger partial charge in [-0.2, -0.15) is 0 Å². The molecule has 0 saturated heterocycles. The molecular formula is C25H29FN4O4S. The van der Waals surface area contributed by atoms with Gasteiger partial charge in [0.15, 0.2) is 9.84 Å². The maximum atomic E-state index is 14.8. The maximum Gasteiger partial charge on any atom is 0.261 e. The molecule has 0 radical (unpaired) electrons. The number of nitrogens with zero attached hydrogens (tertiary/aromatic N) is 2. The van der Waals surface area contributed by atoms with E-state index < -0.39 is 20.5 Å². The fourth-order valence-corrected chi connectivity index (χ4v) is 4.90. The number of halogens is 1. The molecule has 1 amide bonds. The van der Waals surface area contributed by atoms with Gasteiger partial charge >= 0.3 is 0 Å². The van der Waals surface area contributed by atoms with Gasteiger partial charge in [-0.15, -0.1) is 0 Å². The number of nitrogens with one attached hydrogen (secondary N) is 2. The van der Waals surface area contributed by atoms with Crippen molar-refractivity contribution in [2.75, 3.05) is 13.3 Å². The third-order valence-corrected chi connectivity index (χ3v) is 8.72. The third kappa shape index (κ3) is 5.13. The van der Waals surface area contributed by atoms with Crippen LogP contribution < -0.4 is 16.2 Å². The summed E-state index contributed by atoms with van der Waals surface area (Å²) >= 11 is 0. The summed E-state index contributed by atoms with van der Waals surface area (Å²) in [7, 11) is -2.37. The Balaban J connectivity index is 1.58. The number of hydrogen-bond donors (Lipinski definition) is 2. The van der Waals surface area contributed by atoms with E-state index in [1.54, 1.807) is 24.3 Å². The molecule has 0 spiro atoms. The van der Waals surface area contributed by atoms with Crippen molar-refractivity contribution in [1.82, 2.24) is 20.2 Å². The molecule has 8 nitrogen and oxygen atoms in total. The minimum absolute atomic E-state index is 0.00843. The fourth-order valence-electron chi connectivity index (χ4n) is 4.00. The monoisotopic (exact) mass is 500 g/mol. The summed E-state index contributed by atoms with van der Waals surface area (Å²) in [4.78, 5) is 29.6. The number of carbonyl (C=O) groups is 1. The van der Waals surface area contributed by atoms with E-state index in [1.165, 1.54) is 30.9 Å². The Kier molecular flexibility index (Phi) is 6.79. The topological polar surface area (TPSA) is 110 Å². The first-order valence-corrected chi connectivity index (χ1v) is 13.4. The SMILES string of the molecule is CNC(=O)[C@@](C)(CCn1cnc2cc(-c3ccc(CNC4CC4)cc3F)ccc2c1=O)S(C)(=O)=O. The number of fused-ring (bicyclic) bond motifs is 1. The molecule has 0 aliphatic heterocycles. The van der Waals surface area contributed by atoms with Gasteiger partial charge in [-0.1, -0.05) is 18.2 Å². The largest absolute Gasteiger partial charge is 0.358 e. The van der Waals surface area contributed by atoms with Crippen LogP contribution in [0.1, 0.15) is 31.7 Å². The second kappa shape index (κ2) is 9.50. The lowest BCUT2D eigenvalue weighted by Crippen LogP contribution is -2.49. The number of amides is 1. The van der Waals surface area contributed by atoms with E-state index in [2.05, 4.69) is 15.6 Å². The first-order chi connectivity index (χ1) is 16.5. The predicted octanol–water partition coefficient (Wildman–Crippen LogP) is 2.39. The average Bonchev–Trinajstić information content (AvgIpc) is 3.65. The zero-order valence-corrected chi connectivity index (χ0v) is 20.8. The van der Waals surface area contributed by atoms with Gasteiger partial charge in [-0.3, -0.25) is 14.2 Å². The molecule has 3 aromatic rings. The van der Waals surface area contributed by atoms with Crippen molar-refractivity contribution in [3.05, 3.63) is 64.5 Å². The number of sulfone groups is 1. The van der Waals surface area contributed by atoms with Crippen LogP contribution in [0.25, 0.3) is 22.0 Å². The normalized spacial score (nSPS) is 15.7. The maximum absolute atomic E-state index is 14.8. The van der Waals surface area contributed by atoms with Crippen molar-refractivity contribution in [2.24, 2.45) is 0 Å². The van der Waals surface area contributed by atoms with Crippen molar-refractivity contribution in [1.29, 1.82) is 0 Å². The van der Waals surface area contributed by atoms with Crippen molar-refractivity contribution in [2.45, 2.75) is 50.1 Å². The van der Waals surface area contributed by atoms with Crippen LogP contribution in [0.3, 0.4) is 0 Å². The van der Waals surface area contributed by atoms with Gasteiger partial charge in [0.05, 0.1) is 17.2 Å². The standard InChI is InChI=1S/C25H29FN4O4S/c1-25(24(32)27-2,35(3,33)34)10-11-30-15-29-22-13-17(5-9-20(22)23(30)31)19-8-4-16(12-21(19)26)14-28-18-6-7-18/h4-5,8-9,12-13,15,18,28H,6-7,10-11,14H2,1-3H3,(H,27,32)/t25-/m1/s1. The Labute approximate surface area is 203 Å². The van der Waals surface area contributed by atoms with Crippen LogP contribution in [0.2, 0.25) is 0 Å². The van der Waals surface area contributed by atoms with Crippen LogP contribution in [-0.4, -0.2) is 48.0 Å². The Hall–Kier alpha value is -3.11. The number of hydrogen-bond acceptors (Lipinski definition) is 6. The summed E-state index contributed by atoms with van der Waals surface area (Å²) in [6, 6.07) is 10.6. The van der Waals surface area contributed by atoms with Crippen LogP contribution in [0, 0.1) is 5.82 Å². The Morgan fingerprint density at radius 3 is 2.60 bits per heavy atom. The number of aryl methyl sites for hydroxylation is 1. The molecule has 1 aromatic heterocycles. The van der Waals surface area contributed by atoms with Crippen LogP contribution >= 0.6 is 0 Å². The number of carbonyl (C=O) groups excluding carboxylic acids is 1. The highest BCUT2D eigenvalue weighted by Gasteiger charge is 2.42. The van der Waals surface area contributed by atoms with Crippen molar-refractivity contribution in [3.63, 3.8) is 0 Å². The molecule has 186 valence electrons. The zero-order chi connectivity index (χ0) is 25.4. The first-order valence-electron chi connectivity index (χ1n) is 11.5. The average molecular weight is 501 g/mol. The highest BCUT2D eigenvalue weighted by molar-refractivity contribution is 7.92. The predicted molar refractivity (Wildman–Crippen MR) is 133 cm³/mol. The van der Waals surface area contributed by atoms with Gasteiger partial charge < -0.3 is 10.6 Å². The lowest BCUT2D eigenvalue weighted by atomic mass is 10.0. The number of rotatable bonds is 9. The van der Waals surface area contributed by atoms with Gasteiger partial charge in [-0.25, -0.2) is 17.8 Å². The van der Waals surface area contributed by atoms with Crippen LogP contribution in [-0.2, 0) is 27.7 Å². The second-order valence-corrected chi connectivity index (χ2v) is 11.7. The molecule has 0 bridgehead atoms. The Morgan fingerprint density at radius 1 is 1.23 bits per heavy atom. The van der Waals surface area contributed by atoms with E-state index >= 15 is 0 Å². The van der Waals surface area contributed by atoms with Gasteiger partial charge in [0.1, 0.15) is 10.6 Å². The Morgan fingerprint density at radius 2 is 1.97 bits per heavy atom. The minimum atomic E-state index is -3.74. The molecule has 1 aliphatic carbocycles. The van der Waals surface area contributed by atoms with Gasteiger partial charge in [0.2, 0.25) is 5.91 Å². The lowest BCUT2D eigenvalue weighted by molar-refractivity contribution is -0.123. The first kappa shape index (κ1) is 25.0. The summed E-state index contributed by atoms with van der Waals surface area (Å²) in [6.45, 7) is 1.96. The summed E-state index contributed by atoms with van der Waals surface area (Å²) < 4.78 is 39.0. The third-order valence-electron chi connectivity index (χ3n) is 6.70. The van der Waals surface area contributed by atoms with Gasteiger partial charge in [0, 0.05) is 38.0 Å². The number of benzene rings is 2. The van der Waals surface area contributed by atoms with E-state index in [0.29, 0.717) is 34.6 Å². The van der Waals surface area contributed by atoms with Gasteiger partial charge in [-0.05, 0) is 55.5 Å². The minimum Gasteiger partial charge on any atom is -0.358 e. The molecule has 2 N–H and O–H groups in total. The molecule has 0 unspecified atom stereocenters. The summed E-state index contributed by atoms with van der Waals surface area (Å²) in [5.74, 6) is -0.982. The molecule has 10 heteroatoms. The van der Waals surface area contributed by atoms with E-state index in [9.17, 15) is 22.4 Å². The van der Waals surface area contributed by atoms with E-state index in [1.807, 2.05) is 6.07 Å². The molecule has 1 saturated carbocycles. The summed E-state index contributed by atoms with van der Waals surface area (Å²) in [6.07, 6.45) is 4.56. The van der Waals surface area contributed by atoms with Gasteiger partial charge in [0.25, 0.3) is 5.56 Å². The molecule has 1 fully saturated rings. The molecule has 1 aliphatic rings. The van der Waals surface area contributed by atoms with Crippen LogP contribution in [0.5, 0.6) is 0 Å². The summed E-state index contributed by atoms with van der Waals surface area (Å²) in [5, 5.41) is 6.07. The highest BCUT2D eigenvalue weighted by atomic mass is 32.2. The van der Waals surface area contributed by atoms with E-state index in [0.717, 1.165) is 24.7 Å². The van der Waals surface area contributed by atoms with Crippen LogP contribution in [0.4, 0.5) is 4.39 Å². The second-order valence-electron chi connectivity index (χ2n) is 9.28. The molecule has 1 heterocycles. The van der Waals surface area contributed by atoms with Crippen molar-refractivity contribution < 1.29 is 17.6 Å². The molecule has 2 aromatic carbocycles. The molecular weight excluding hydrogens is 471 g/mol. The Bertz CT molecular complexity index is 1450. The zero-order valence-electron chi connectivity index (χ0n) is 20.0. The quantitative estimate of drug-likeness (QED) is 0.467. The fraction of sp³-hybridized carbons (Fsp3) is 0.400. The molecule has 35 heavy (non-hydrogen) atoms. The van der Waals surface area contributed by atoms with Crippen molar-refractivity contribution in [3.8, 4) is 11.1 Å². The smallest absolute Gasteiger partial charge is 0.261 e.